The molecule has 51 heavy (non-hydrogen) atoms. The van der Waals surface area contributed by atoms with Gasteiger partial charge in [-0.05, 0) is 67.6 Å². The third-order valence-corrected chi connectivity index (χ3v) is 10.4. The molecule has 2 fully saturated rings. The van der Waals surface area contributed by atoms with Gasteiger partial charge in [0.25, 0.3) is 0 Å². The second kappa shape index (κ2) is 12.7. The molecule has 0 aliphatic carbocycles. The van der Waals surface area contributed by atoms with Crippen molar-refractivity contribution in [3.8, 4) is 17.1 Å². The number of rotatable bonds is 8. The van der Waals surface area contributed by atoms with Gasteiger partial charge in [-0.2, -0.15) is 5.10 Å². The Bertz CT molecular complexity index is 2110. The number of hydrogen-bond donors (Lipinski definition) is 1. The summed E-state index contributed by atoms with van der Waals surface area (Å²) in [5, 5.41) is 16.0. The minimum Gasteiger partial charge on any atom is -0.475 e. The van der Waals surface area contributed by atoms with Crippen molar-refractivity contribution in [3.63, 3.8) is 0 Å². The first kappa shape index (κ1) is 32.3. The van der Waals surface area contributed by atoms with Crippen molar-refractivity contribution in [1.29, 1.82) is 0 Å². The van der Waals surface area contributed by atoms with Crippen LogP contribution in [0.4, 0.5) is 10.5 Å². The van der Waals surface area contributed by atoms with Gasteiger partial charge in [0.05, 0.1) is 17.0 Å². The summed E-state index contributed by atoms with van der Waals surface area (Å²) in [5.41, 5.74) is 4.75. The molecule has 6 aromatic rings. The topological polar surface area (TPSA) is 101 Å². The smallest absolute Gasteiger partial charge is 0.407 e. The van der Waals surface area contributed by atoms with Crippen LogP contribution in [0.25, 0.3) is 22.2 Å². The highest BCUT2D eigenvalue weighted by molar-refractivity contribution is 6.04. The Labute approximate surface area is 296 Å². The van der Waals surface area contributed by atoms with E-state index in [1.54, 1.807) is 6.20 Å². The number of likely N-dealkylation sites (tertiary alicyclic amines) is 1. The lowest BCUT2D eigenvalue weighted by atomic mass is 9.77. The van der Waals surface area contributed by atoms with Crippen molar-refractivity contribution in [3.05, 3.63) is 144 Å². The van der Waals surface area contributed by atoms with Crippen LogP contribution >= 0.6 is 0 Å². The number of pyridine rings is 1. The average molecular weight is 678 g/mol. The molecule has 256 valence electrons. The zero-order valence-corrected chi connectivity index (χ0v) is 28.6. The molecule has 8 rings (SSSR count). The van der Waals surface area contributed by atoms with Gasteiger partial charge in [0.15, 0.2) is 0 Å². The molecule has 0 bridgehead atoms. The van der Waals surface area contributed by atoms with Crippen LogP contribution < -0.4 is 9.64 Å². The SMILES string of the molecule is CC(C)Oc1ccc(-c2nn(C(c3ccccc3)(c3ccccc3)c3ccccc3)c3ccc(N4CC[C@@]5(CCN(C(=O)O)C5)C4=O)cc23)cn1. The number of hydrogen-bond acceptors (Lipinski definition) is 5. The number of carbonyl (C=O) groups is 2. The summed E-state index contributed by atoms with van der Waals surface area (Å²) in [6.07, 6.45) is 1.94. The molecule has 2 aromatic heterocycles. The molecule has 2 aliphatic rings. The lowest BCUT2D eigenvalue weighted by Gasteiger charge is -2.37. The fraction of sp³-hybridized carbons (Fsp3) is 0.238. The zero-order chi connectivity index (χ0) is 35.2. The lowest BCUT2D eigenvalue weighted by Crippen LogP contribution is -2.38. The van der Waals surface area contributed by atoms with E-state index in [2.05, 4.69) is 94.6 Å². The number of amides is 2. The Morgan fingerprint density at radius 3 is 1.96 bits per heavy atom. The number of carboxylic acid groups (broad SMARTS) is 1. The van der Waals surface area contributed by atoms with Crippen molar-refractivity contribution in [2.75, 3.05) is 24.5 Å². The van der Waals surface area contributed by atoms with Crippen LogP contribution in [0.5, 0.6) is 5.88 Å². The number of anilines is 1. The highest BCUT2D eigenvalue weighted by Crippen LogP contribution is 2.46. The first-order chi connectivity index (χ1) is 24.8. The van der Waals surface area contributed by atoms with Gasteiger partial charge in [0, 0.05) is 48.5 Å². The molecule has 1 N–H and O–H groups in total. The molecule has 4 aromatic carbocycles. The summed E-state index contributed by atoms with van der Waals surface area (Å²) in [7, 11) is 0. The molecule has 2 amide bonds. The zero-order valence-electron chi connectivity index (χ0n) is 28.6. The molecule has 9 nitrogen and oxygen atoms in total. The first-order valence-corrected chi connectivity index (χ1v) is 17.4. The molecule has 1 spiro atoms. The summed E-state index contributed by atoms with van der Waals surface area (Å²) in [6.45, 7) is 5.06. The molecule has 9 heteroatoms. The van der Waals surface area contributed by atoms with Gasteiger partial charge < -0.3 is 19.6 Å². The fourth-order valence-electron chi connectivity index (χ4n) is 7.96. The van der Waals surface area contributed by atoms with Crippen LogP contribution in [-0.2, 0) is 10.3 Å². The monoisotopic (exact) mass is 677 g/mol. The van der Waals surface area contributed by atoms with E-state index >= 15 is 0 Å². The second-order valence-electron chi connectivity index (χ2n) is 13.8. The van der Waals surface area contributed by atoms with E-state index in [-0.39, 0.29) is 18.6 Å². The molecule has 0 saturated carbocycles. The van der Waals surface area contributed by atoms with E-state index in [4.69, 9.17) is 9.84 Å². The summed E-state index contributed by atoms with van der Waals surface area (Å²) < 4.78 is 7.99. The minimum absolute atomic E-state index is 0.0158. The van der Waals surface area contributed by atoms with Gasteiger partial charge in [-0.25, -0.2) is 14.5 Å². The minimum atomic E-state index is -0.978. The molecule has 0 radical (unpaired) electrons. The van der Waals surface area contributed by atoms with E-state index in [9.17, 15) is 14.7 Å². The van der Waals surface area contributed by atoms with E-state index < -0.39 is 17.0 Å². The lowest BCUT2D eigenvalue weighted by molar-refractivity contribution is -0.124. The quantitative estimate of drug-likeness (QED) is 0.165. The third kappa shape index (κ3) is 5.40. The first-order valence-electron chi connectivity index (χ1n) is 17.4. The standard InChI is InChI=1S/C42H39N5O4/c1-29(2)51-37-21-18-30(27-43-37)38-35-26-34(46-25-23-41(39(46)48)22-24-45(28-41)40(49)50)19-20-36(35)47(44-38)42(31-12-6-3-7-13-31,32-14-8-4-9-15-32)33-16-10-5-11-17-33/h3-21,26-27,29H,22-25,28H2,1-2H3,(H,49,50)/t41-/m1/s1. The van der Waals surface area contributed by atoms with Crippen LogP contribution in [0.2, 0.25) is 0 Å². The van der Waals surface area contributed by atoms with Crippen molar-refractivity contribution in [2.24, 2.45) is 5.41 Å². The van der Waals surface area contributed by atoms with Gasteiger partial charge in [-0.15, -0.1) is 0 Å². The van der Waals surface area contributed by atoms with E-state index in [0.29, 0.717) is 31.8 Å². The van der Waals surface area contributed by atoms with Crippen molar-refractivity contribution in [2.45, 2.75) is 38.3 Å². The van der Waals surface area contributed by atoms with Crippen LogP contribution in [0.15, 0.2) is 128 Å². The maximum Gasteiger partial charge on any atom is 0.407 e. The molecule has 1 atom stereocenters. The molecular weight excluding hydrogens is 638 g/mol. The average Bonchev–Trinajstić information content (AvgIpc) is 3.86. The number of fused-ring (bicyclic) bond motifs is 1. The highest BCUT2D eigenvalue weighted by atomic mass is 16.5. The molecule has 2 aliphatic heterocycles. The summed E-state index contributed by atoms with van der Waals surface area (Å²) in [6, 6.07) is 41.2. The van der Waals surface area contributed by atoms with Crippen LogP contribution in [0, 0.1) is 5.41 Å². The molecule has 0 unspecified atom stereocenters. The number of aromatic nitrogens is 3. The highest BCUT2D eigenvalue weighted by Gasteiger charge is 2.52. The van der Waals surface area contributed by atoms with Crippen molar-refractivity contribution >= 4 is 28.6 Å². The third-order valence-electron chi connectivity index (χ3n) is 10.4. The Morgan fingerprint density at radius 2 is 1.43 bits per heavy atom. The van der Waals surface area contributed by atoms with Crippen molar-refractivity contribution in [1.82, 2.24) is 19.7 Å². The Hall–Kier alpha value is -5.96. The molecular formula is C42H39N5O4. The summed E-state index contributed by atoms with van der Waals surface area (Å²) in [5.74, 6) is 0.508. The predicted molar refractivity (Wildman–Crippen MR) is 197 cm³/mol. The van der Waals surface area contributed by atoms with E-state index in [0.717, 1.165) is 44.5 Å². The van der Waals surface area contributed by atoms with Gasteiger partial charge in [-0.3, -0.25) is 4.79 Å². The van der Waals surface area contributed by atoms with Crippen LogP contribution in [0.1, 0.15) is 43.4 Å². The van der Waals surface area contributed by atoms with Gasteiger partial charge in [-0.1, -0.05) is 91.0 Å². The van der Waals surface area contributed by atoms with E-state index in [1.165, 1.54) is 4.90 Å². The number of carbonyl (C=O) groups excluding carboxylic acids is 1. The van der Waals surface area contributed by atoms with Gasteiger partial charge in [0.1, 0.15) is 11.2 Å². The number of nitrogens with zero attached hydrogens (tertiary/aromatic N) is 5. The molecule has 4 heterocycles. The predicted octanol–water partition coefficient (Wildman–Crippen LogP) is 7.83. The van der Waals surface area contributed by atoms with Crippen LogP contribution in [-0.4, -0.2) is 62.5 Å². The Kier molecular flexibility index (Phi) is 8.05. The normalized spacial score (nSPS) is 17.6. The van der Waals surface area contributed by atoms with Gasteiger partial charge in [0.2, 0.25) is 11.8 Å². The Balaban J connectivity index is 1.36. The second-order valence-corrected chi connectivity index (χ2v) is 13.8. The summed E-state index contributed by atoms with van der Waals surface area (Å²) >= 11 is 0. The molecule has 2 saturated heterocycles. The Morgan fingerprint density at radius 1 is 0.824 bits per heavy atom. The number of ether oxygens (including phenoxy) is 1. The summed E-state index contributed by atoms with van der Waals surface area (Å²) in [4.78, 5) is 33.7. The van der Waals surface area contributed by atoms with Gasteiger partial charge >= 0.3 is 6.09 Å². The van der Waals surface area contributed by atoms with Crippen molar-refractivity contribution < 1.29 is 19.4 Å². The van der Waals surface area contributed by atoms with Crippen LogP contribution in [0.3, 0.4) is 0 Å². The fourth-order valence-corrected chi connectivity index (χ4v) is 7.96. The maximum absolute atomic E-state index is 14.1. The largest absolute Gasteiger partial charge is 0.475 e. The number of benzene rings is 4. The van der Waals surface area contributed by atoms with E-state index in [1.807, 2.05) is 55.1 Å². The maximum atomic E-state index is 14.1.